The fourth-order valence-electron chi connectivity index (χ4n) is 4.27. The van der Waals surface area contributed by atoms with Crippen LogP contribution >= 0.6 is 0 Å². The number of hydrogen-bond donors (Lipinski definition) is 1. The number of ether oxygens (including phenoxy) is 1. The van der Waals surface area contributed by atoms with Gasteiger partial charge in [-0.3, -0.25) is 14.7 Å². The lowest BCUT2D eigenvalue weighted by molar-refractivity contribution is -0.385. The van der Waals surface area contributed by atoms with Gasteiger partial charge in [-0.2, -0.15) is 0 Å². The number of imidazole rings is 1. The van der Waals surface area contributed by atoms with Crippen LogP contribution in [-0.2, 0) is 9.53 Å². The minimum atomic E-state index is -0.815. The molecular formula is C25H20N4O4. The lowest BCUT2D eigenvalue weighted by atomic mass is 9.91. The van der Waals surface area contributed by atoms with E-state index in [0.29, 0.717) is 22.7 Å². The zero-order valence-corrected chi connectivity index (χ0v) is 17.8. The summed E-state index contributed by atoms with van der Waals surface area (Å²) < 4.78 is 7.28. The van der Waals surface area contributed by atoms with Crippen LogP contribution in [0.3, 0.4) is 0 Å². The molecule has 0 fully saturated rings. The molecule has 2 heterocycles. The molecule has 0 unspecified atom stereocenters. The molecule has 4 aromatic rings. The summed E-state index contributed by atoms with van der Waals surface area (Å²) in [6.07, 6.45) is 0. The first-order valence-corrected chi connectivity index (χ1v) is 10.5. The van der Waals surface area contributed by atoms with Crippen molar-refractivity contribution in [2.24, 2.45) is 0 Å². The molecule has 8 heteroatoms. The highest BCUT2D eigenvalue weighted by atomic mass is 16.6. The minimum absolute atomic E-state index is 0.0812. The molecular weight excluding hydrogens is 420 g/mol. The van der Waals surface area contributed by atoms with Crippen LogP contribution in [0.4, 0.5) is 11.6 Å². The lowest BCUT2D eigenvalue weighted by Gasteiger charge is -2.31. The van der Waals surface area contributed by atoms with Crippen LogP contribution in [0.5, 0.6) is 0 Å². The molecule has 164 valence electrons. The Bertz CT molecular complexity index is 1410. The SMILES string of the molecule is CCOC(=O)C1=C(c2ccccc2)Nc2nc3ccccc3n2[C@H]1c1ccccc1[N+](=O)[O-]. The Hall–Kier alpha value is -4.46. The summed E-state index contributed by atoms with van der Waals surface area (Å²) in [6, 6.07) is 22.5. The van der Waals surface area contributed by atoms with Gasteiger partial charge in [0.25, 0.3) is 5.69 Å². The standard InChI is InChI=1S/C25H20N4O4/c1-2-33-24(30)21-22(16-10-4-3-5-11-16)27-25-26-18-13-7-9-15-20(18)28(25)23(21)17-12-6-8-14-19(17)29(31)32/h3-15,23H,2H2,1H3,(H,26,27)/t23-/m0/s1. The predicted octanol–water partition coefficient (Wildman–Crippen LogP) is 4.93. The van der Waals surface area contributed by atoms with E-state index < -0.39 is 16.9 Å². The summed E-state index contributed by atoms with van der Waals surface area (Å²) in [5.74, 6) is -0.0540. The molecule has 0 saturated heterocycles. The molecule has 1 aliphatic rings. The van der Waals surface area contributed by atoms with Crippen LogP contribution in [0.2, 0.25) is 0 Å². The van der Waals surface area contributed by atoms with E-state index in [1.165, 1.54) is 6.07 Å². The molecule has 33 heavy (non-hydrogen) atoms. The third kappa shape index (κ3) is 3.41. The first kappa shape index (κ1) is 20.4. The quantitative estimate of drug-likeness (QED) is 0.268. The van der Waals surface area contributed by atoms with E-state index in [2.05, 4.69) is 5.32 Å². The summed E-state index contributed by atoms with van der Waals surface area (Å²) in [6.45, 7) is 1.90. The van der Waals surface area contributed by atoms with E-state index >= 15 is 0 Å². The van der Waals surface area contributed by atoms with Crippen LogP contribution in [0.1, 0.15) is 24.1 Å². The molecule has 8 nitrogen and oxygen atoms in total. The van der Waals surface area contributed by atoms with Crippen molar-refractivity contribution >= 4 is 34.3 Å². The van der Waals surface area contributed by atoms with E-state index in [1.54, 1.807) is 25.1 Å². The number of benzene rings is 3. The lowest BCUT2D eigenvalue weighted by Crippen LogP contribution is -2.29. The fraction of sp³-hybridized carbons (Fsp3) is 0.120. The predicted molar refractivity (Wildman–Crippen MR) is 125 cm³/mol. The summed E-state index contributed by atoms with van der Waals surface area (Å²) in [5, 5.41) is 15.3. The van der Waals surface area contributed by atoms with E-state index in [0.717, 1.165) is 11.1 Å². The molecule has 3 aromatic carbocycles. The topological polar surface area (TPSA) is 99.3 Å². The number of nitrogens with one attached hydrogen (secondary N) is 1. The van der Waals surface area contributed by atoms with Gasteiger partial charge < -0.3 is 10.1 Å². The third-order valence-electron chi connectivity index (χ3n) is 5.62. The maximum absolute atomic E-state index is 13.4. The largest absolute Gasteiger partial charge is 0.463 e. The Kier molecular flexibility index (Phi) is 5.10. The second kappa shape index (κ2) is 8.23. The number of anilines is 1. The van der Waals surface area contributed by atoms with Gasteiger partial charge in [0, 0.05) is 6.07 Å². The Balaban J connectivity index is 1.88. The van der Waals surface area contributed by atoms with Gasteiger partial charge in [0.05, 0.1) is 39.4 Å². The van der Waals surface area contributed by atoms with Gasteiger partial charge in [-0.1, -0.05) is 54.6 Å². The Labute approximate surface area is 189 Å². The number of aromatic nitrogens is 2. The number of carbonyl (C=O) groups is 1. The Morgan fingerprint density at radius 1 is 1.06 bits per heavy atom. The van der Waals surface area contributed by atoms with Crippen molar-refractivity contribution < 1.29 is 14.5 Å². The van der Waals surface area contributed by atoms with Gasteiger partial charge in [0.15, 0.2) is 0 Å². The van der Waals surface area contributed by atoms with E-state index in [4.69, 9.17) is 9.72 Å². The molecule has 1 N–H and O–H groups in total. The highest BCUT2D eigenvalue weighted by Crippen LogP contribution is 2.44. The van der Waals surface area contributed by atoms with Crippen LogP contribution in [-0.4, -0.2) is 27.1 Å². The highest BCUT2D eigenvalue weighted by Gasteiger charge is 2.39. The molecule has 5 rings (SSSR count). The number of esters is 1. The summed E-state index contributed by atoms with van der Waals surface area (Å²) >= 11 is 0. The molecule has 0 saturated carbocycles. The number of nitro benzene ring substituents is 1. The van der Waals surface area contributed by atoms with Crippen molar-refractivity contribution in [3.8, 4) is 0 Å². The number of rotatable bonds is 5. The maximum atomic E-state index is 13.4. The van der Waals surface area contributed by atoms with Crippen molar-refractivity contribution in [3.63, 3.8) is 0 Å². The monoisotopic (exact) mass is 440 g/mol. The van der Waals surface area contributed by atoms with E-state index in [-0.39, 0.29) is 17.9 Å². The number of nitro groups is 1. The summed E-state index contributed by atoms with van der Waals surface area (Å²) in [4.78, 5) is 29.6. The zero-order chi connectivity index (χ0) is 22.9. The van der Waals surface area contributed by atoms with E-state index in [1.807, 2.05) is 59.2 Å². The van der Waals surface area contributed by atoms with Gasteiger partial charge in [-0.05, 0) is 30.7 Å². The van der Waals surface area contributed by atoms with Gasteiger partial charge in [-0.25, -0.2) is 9.78 Å². The van der Waals surface area contributed by atoms with Crippen molar-refractivity contribution in [3.05, 3.63) is 106 Å². The Morgan fingerprint density at radius 3 is 2.52 bits per heavy atom. The summed E-state index contributed by atoms with van der Waals surface area (Å²) in [5.41, 5.74) is 3.31. The average molecular weight is 440 g/mol. The van der Waals surface area contributed by atoms with E-state index in [9.17, 15) is 14.9 Å². The molecule has 0 spiro atoms. The van der Waals surface area contributed by atoms with Crippen molar-refractivity contribution in [2.75, 3.05) is 11.9 Å². The van der Waals surface area contributed by atoms with Crippen LogP contribution in [0, 0.1) is 10.1 Å². The smallest absolute Gasteiger partial charge is 0.338 e. The van der Waals surface area contributed by atoms with Crippen LogP contribution < -0.4 is 5.32 Å². The van der Waals surface area contributed by atoms with Crippen molar-refractivity contribution in [2.45, 2.75) is 13.0 Å². The van der Waals surface area contributed by atoms with Gasteiger partial charge in [-0.15, -0.1) is 0 Å². The normalized spacial score (nSPS) is 15.1. The number of fused-ring (bicyclic) bond motifs is 3. The number of hydrogen-bond acceptors (Lipinski definition) is 6. The fourth-order valence-corrected chi connectivity index (χ4v) is 4.27. The highest BCUT2D eigenvalue weighted by molar-refractivity contribution is 6.03. The summed E-state index contributed by atoms with van der Waals surface area (Å²) in [7, 11) is 0. The van der Waals surface area contributed by atoms with Gasteiger partial charge in [0.1, 0.15) is 6.04 Å². The number of para-hydroxylation sites is 3. The second-order valence-electron chi connectivity index (χ2n) is 7.51. The molecule has 1 aliphatic heterocycles. The minimum Gasteiger partial charge on any atom is -0.463 e. The molecule has 0 aliphatic carbocycles. The van der Waals surface area contributed by atoms with Crippen molar-refractivity contribution in [1.29, 1.82) is 0 Å². The average Bonchev–Trinajstić information content (AvgIpc) is 3.22. The van der Waals surface area contributed by atoms with Crippen LogP contribution in [0.15, 0.2) is 84.4 Å². The first-order valence-electron chi connectivity index (χ1n) is 10.5. The Morgan fingerprint density at radius 2 is 1.76 bits per heavy atom. The molecule has 0 bridgehead atoms. The third-order valence-corrected chi connectivity index (χ3v) is 5.62. The maximum Gasteiger partial charge on any atom is 0.338 e. The molecule has 0 amide bonds. The second-order valence-corrected chi connectivity index (χ2v) is 7.51. The van der Waals surface area contributed by atoms with Crippen LogP contribution in [0.25, 0.3) is 16.7 Å². The van der Waals surface area contributed by atoms with Gasteiger partial charge >= 0.3 is 5.97 Å². The van der Waals surface area contributed by atoms with Gasteiger partial charge in [0.2, 0.25) is 5.95 Å². The molecule has 1 aromatic heterocycles. The molecule has 0 radical (unpaired) electrons. The van der Waals surface area contributed by atoms with Crippen molar-refractivity contribution in [1.82, 2.24) is 9.55 Å². The number of nitrogens with zero attached hydrogens (tertiary/aromatic N) is 3. The molecule has 1 atom stereocenters. The number of carbonyl (C=O) groups excluding carboxylic acids is 1. The first-order chi connectivity index (χ1) is 16.1. The zero-order valence-electron chi connectivity index (χ0n) is 17.8.